The third-order valence-corrected chi connectivity index (χ3v) is 4.30. The highest BCUT2D eigenvalue weighted by molar-refractivity contribution is 5.79. The van der Waals surface area contributed by atoms with Crippen LogP contribution in [-0.2, 0) is 0 Å². The molecule has 0 amide bonds. The number of imidazole rings is 1. The van der Waals surface area contributed by atoms with Gasteiger partial charge in [-0.15, -0.1) is 0 Å². The Balaban J connectivity index is 1.80. The van der Waals surface area contributed by atoms with Crippen molar-refractivity contribution in [2.24, 2.45) is 0 Å². The van der Waals surface area contributed by atoms with Gasteiger partial charge in [-0.25, -0.2) is 15.0 Å². The molecule has 0 fully saturated rings. The molecular weight excluding hydrogens is 348 g/mol. The molecule has 27 heavy (non-hydrogen) atoms. The zero-order chi connectivity index (χ0) is 18.4. The molecule has 5 rings (SSSR count). The van der Waals surface area contributed by atoms with Crippen LogP contribution in [0.1, 0.15) is 0 Å². The smallest absolute Gasteiger partial charge is 0.198 e. The molecule has 0 saturated carbocycles. The van der Waals surface area contributed by atoms with E-state index >= 15 is 0 Å². The number of hydrogen-bond donors (Lipinski definition) is 2. The van der Waals surface area contributed by atoms with Gasteiger partial charge < -0.3 is 19.7 Å². The van der Waals surface area contributed by atoms with E-state index in [-0.39, 0.29) is 11.5 Å². The van der Waals surface area contributed by atoms with Gasteiger partial charge in [-0.05, 0) is 30.3 Å². The number of nitrogens with zero attached hydrogens (tertiary/aromatic N) is 4. The normalized spacial score (nSPS) is 13.0. The second-order valence-corrected chi connectivity index (χ2v) is 6.00. The number of aromatic nitrogens is 4. The summed E-state index contributed by atoms with van der Waals surface area (Å²) in [5.41, 5.74) is 2.03. The van der Waals surface area contributed by atoms with Gasteiger partial charge in [0.25, 0.3) is 0 Å². The van der Waals surface area contributed by atoms with Crippen molar-refractivity contribution in [1.82, 2.24) is 19.5 Å². The third-order valence-electron chi connectivity index (χ3n) is 4.30. The monoisotopic (exact) mass is 362 g/mol. The van der Waals surface area contributed by atoms with Gasteiger partial charge in [0.05, 0.1) is 11.3 Å². The number of fused-ring (bicyclic) bond motifs is 2. The molecule has 8 heteroatoms. The summed E-state index contributed by atoms with van der Waals surface area (Å²) in [6.45, 7) is 0.982. The van der Waals surface area contributed by atoms with E-state index in [1.165, 1.54) is 18.2 Å². The predicted octanol–water partition coefficient (Wildman–Crippen LogP) is 2.66. The minimum atomic E-state index is -0.0121. The molecule has 0 aliphatic carbocycles. The van der Waals surface area contributed by atoms with Crippen LogP contribution < -0.4 is 9.47 Å². The molecular formula is C19H14N4O4. The fourth-order valence-corrected chi connectivity index (χ4v) is 3.11. The van der Waals surface area contributed by atoms with E-state index in [9.17, 15) is 10.2 Å². The van der Waals surface area contributed by atoms with Crippen molar-refractivity contribution in [2.75, 3.05) is 13.2 Å². The molecule has 0 radical (unpaired) electrons. The van der Waals surface area contributed by atoms with E-state index in [1.54, 1.807) is 17.0 Å². The molecule has 1 aliphatic rings. The summed E-state index contributed by atoms with van der Waals surface area (Å²) in [5.74, 6) is 1.70. The Kier molecular flexibility index (Phi) is 3.36. The molecule has 4 aromatic rings. The Morgan fingerprint density at radius 1 is 0.889 bits per heavy atom. The molecule has 0 saturated heterocycles. The summed E-state index contributed by atoms with van der Waals surface area (Å²) in [7, 11) is 0. The maximum absolute atomic E-state index is 10.3. The molecule has 2 aromatic carbocycles. The van der Waals surface area contributed by atoms with Crippen molar-refractivity contribution in [3.8, 4) is 40.1 Å². The Morgan fingerprint density at radius 2 is 1.70 bits per heavy atom. The Labute approximate surface area is 153 Å². The summed E-state index contributed by atoms with van der Waals surface area (Å²) in [4.78, 5) is 13.2. The van der Waals surface area contributed by atoms with Crippen LogP contribution in [-0.4, -0.2) is 42.9 Å². The van der Waals surface area contributed by atoms with Crippen LogP contribution in [0.2, 0.25) is 0 Å². The van der Waals surface area contributed by atoms with Crippen molar-refractivity contribution in [3.63, 3.8) is 0 Å². The zero-order valence-corrected chi connectivity index (χ0v) is 14.0. The molecule has 1 aliphatic heterocycles. The summed E-state index contributed by atoms with van der Waals surface area (Å²) >= 11 is 0. The van der Waals surface area contributed by atoms with Gasteiger partial charge in [0.1, 0.15) is 24.7 Å². The zero-order valence-electron chi connectivity index (χ0n) is 14.0. The number of ether oxygens (including phenoxy) is 2. The molecule has 0 spiro atoms. The maximum atomic E-state index is 10.3. The first-order chi connectivity index (χ1) is 13.2. The largest absolute Gasteiger partial charge is 0.508 e. The molecule has 2 aromatic heterocycles. The van der Waals surface area contributed by atoms with Crippen LogP contribution in [0.4, 0.5) is 0 Å². The van der Waals surface area contributed by atoms with Gasteiger partial charge >= 0.3 is 0 Å². The number of benzene rings is 2. The summed E-state index contributed by atoms with van der Waals surface area (Å²) in [6, 6.07) is 9.77. The average molecular weight is 362 g/mol. The van der Waals surface area contributed by atoms with Crippen molar-refractivity contribution in [3.05, 3.63) is 48.8 Å². The van der Waals surface area contributed by atoms with Gasteiger partial charge in [0, 0.05) is 18.5 Å². The lowest BCUT2D eigenvalue weighted by Gasteiger charge is -2.19. The SMILES string of the molecule is Oc1ccc(O)c(-c2nc3nccnc3n2-c2ccc3c(c2)OCCO3)c1. The number of phenols is 2. The van der Waals surface area contributed by atoms with E-state index in [2.05, 4.69) is 15.0 Å². The van der Waals surface area contributed by atoms with E-state index in [1.807, 2.05) is 18.2 Å². The topological polar surface area (TPSA) is 103 Å². The lowest BCUT2D eigenvalue weighted by atomic mass is 10.1. The second kappa shape index (κ2) is 5.87. The van der Waals surface area contributed by atoms with Crippen LogP contribution in [0.5, 0.6) is 23.0 Å². The van der Waals surface area contributed by atoms with Crippen molar-refractivity contribution >= 4 is 11.3 Å². The first kappa shape index (κ1) is 15.4. The Bertz CT molecular complexity index is 1170. The molecule has 0 bridgehead atoms. The van der Waals surface area contributed by atoms with Crippen LogP contribution in [0.15, 0.2) is 48.8 Å². The quantitative estimate of drug-likeness (QED) is 0.529. The van der Waals surface area contributed by atoms with Crippen molar-refractivity contribution < 1.29 is 19.7 Å². The highest BCUT2D eigenvalue weighted by atomic mass is 16.6. The van der Waals surface area contributed by atoms with Gasteiger partial charge in [-0.1, -0.05) is 0 Å². The predicted molar refractivity (Wildman–Crippen MR) is 96.4 cm³/mol. The van der Waals surface area contributed by atoms with Gasteiger partial charge in [0.15, 0.2) is 28.6 Å². The minimum absolute atomic E-state index is 0.0121. The Morgan fingerprint density at radius 3 is 2.59 bits per heavy atom. The number of phenolic OH excluding ortho intramolecular Hbond substituents is 2. The van der Waals surface area contributed by atoms with E-state index in [0.29, 0.717) is 47.4 Å². The van der Waals surface area contributed by atoms with Crippen LogP contribution in [0.3, 0.4) is 0 Å². The van der Waals surface area contributed by atoms with E-state index in [4.69, 9.17) is 9.47 Å². The highest BCUT2D eigenvalue weighted by Crippen LogP contribution is 2.37. The lowest BCUT2D eigenvalue weighted by molar-refractivity contribution is 0.171. The van der Waals surface area contributed by atoms with Crippen LogP contribution in [0.25, 0.3) is 28.4 Å². The van der Waals surface area contributed by atoms with E-state index in [0.717, 1.165) is 5.69 Å². The van der Waals surface area contributed by atoms with Crippen molar-refractivity contribution in [2.45, 2.75) is 0 Å². The van der Waals surface area contributed by atoms with Crippen molar-refractivity contribution in [1.29, 1.82) is 0 Å². The summed E-state index contributed by atoms with van der Waals surface area (Å²) in [6.07, 6.45) is 3.13. The summed E-state index contributed by atoms with van der Waals surface area (Å²) < 4.78 is 13.0. The number of aromatic hydroxyl groups is 2. The summed E-state index contributed by atoms with van der Waals surface area (Å²) in [5, 5.41) is 20.2. The van der Waals surface area contributed by atoms with Gasteiger partial charge in [-0.3, -0.25) is 4.57 Å². The maximum Gasteiger partial charge on any atom is 0.198 e. The fourth-order valence-electron chi connectivity index (χ4n) is 3.11. The molecule has 3 heterocycles. The number of hydrogen-bond acceptors (Lipinski definition) is 7. The number of rotatable bonds is 2. The van der Waals surface area contributed by atoms with Gasteiger partial charge in [0.2, 0.25) is 0 Å². The molecule has 0 atom stereocenters. The highest BCUT2D eigenvalue weighted by Gasteiger charge is 2.21. The second-order valence-electron chi connectivity index (χ2n) is 6.00. The minimum Gasteiger partial charge on any atom is -0.508 e. The molecule has 0 unspecified atom stereocenters. The average Bonchev–Trinajstić information content (AvgIpc) is 3.08. The third kappa shape index (κ3) is 2.50. The standard InChI is InChI=1S/C19H14N4O4/c24-12-2-3-14(25)13(10-12)18-22-17-19(21-6-5-20-17)23(18)11-1-4-15-16(9-11)27-8-7-26-15/h1-6,9-10,24-25H,7-8H2. The van der Waals surface area contributed by atoms with Crippen LogP contribution >= 0.6 is 0 Å². The first-order valence-electron chi connectivity index (χ1n) is 8.32. The molecule has 8 nitrogen and oxygen atoms in total. The van der Waals surface area contributed by atoms with Gasteiger partial charge in [-0.2, -0.15) is 0 Å². The molecule has 2 N–H and O–H groups in total. The fraction of sp³-hybridized carbons (Fsp3) is 0.105. The van der Waals surface area contributed by atoms with E-state index < -0.39 is 0 Å². The van der Waals surface area contributed by atoms with Crippen LogP contribution in [0, 0.1) is 0 Å². The lowest BCUT2D eigenvalue weighted by Crippen LogP contribution is -2.15. The molecule has 134 valence electrons. The first-order valence-corrected chi connectivity index (χ1v) is 8.32. The Hall–Kier alpha value is -3.81.